The summed E-state index contributed by atoms with van der Waals surface area (Å²) >= 11 is 1.55. The van der Waals surface area contributed by atoms with Crippen LogP contribution in [0.15, 0.2) is 23.4 Å². The van der Waals surface area contributed by atoms with E-state index in [1.165, 1.54) is 6.07 Å². The molecule has 2 aliphatic rings. The third-order valence-corrected chi connectivity index (χ3v) is 7.81. The zero-order chi connectivity index (χ0) is 31.4. The number of nitrogens with one attached hydrogen (secondary N) is 2. The van der Waals surface area contributed by atoms with Crippen molar-refractivity contribution in [3.05, 3.63) is 35.4 Å². The molecular weight excluding hydrogens is 579 g/mol. The summed E-state index contributed by atoms with van der Waals surface area (Å²) in [6.07, 6.45) is 3.40. The lowest BCUT2D eigenvalue weighted by molar-refractivity contribution is -0.223. The lowest BCUT2D eigenvalue weighted by Gasteiger charge is -2.27. The largest absolute Gasteiger partial charge is 0.393 e. The average molecular weight is 630 g/mol. The van der Waals surface area contributed by atoms with Gasteiger partial charge in [-0.3, -0.25) is 0 Å². The molecule has 1 heterocycles. The van der Waals surface area contributed by atoms with Crippen molar-refractivity contribution in [3.63, 3.8) is 0 Å². The second-order valence-corrected chi connectivity index (χ2v) is 12.0. The van der Waals surface area contributed by atoms with Crippen LogP contribution in [0.3, 0.4) is 0 Å². The van der Waals surface area contributed by atoms with E-state index in [-0.39, 0.29) is 30.2 Å². The molecule has 0 aliphatic heterocycles. The van der Waals surface area contributed by atoms with E-state index in [1.807, 2.05) is 27.7 Å². The van der Waals surface area contributed by atoms with E-state index in [2.05, 4.69) is 31.8 Å². The number of anilines is 3. The summed E-state index contributed by atoms with van der Waals surface area (Å²) in [6.45, 7) is 13.9. The summed E-state index contributed by atoms with van der Waals surface area (Å²) in [6, 6.07) is 4.01. The molecule has 0 spiro atoms. The van der Waals surface area contributed by atoms with Crippen molar-refractivity contribution in [1.82, 2.24) is 9.97 Å². The van der Waals surface area contributed by atoms with Crippen LogP contribution in [-0.4, -0.2) is 63.7 Å². The standard InChI is InChI=1S/C26H38F2N5O3PS.2C2H6/c1-4-9-38-25-32-23(30-15-11-20(35-7-8-37)21(12-15)36-26(2,3)34)22(29)24(33-25)31-19-13-16(19)14-5-6-17(27)18(28)10-14;2*1-2/h5-6,10,15-16,19-21,34H,4,7-9,11-13,29,37H2,1-3H3,(H2,30,31,32,33);2*1-2H3/t15?,16?,19?,20?,21-;;/m0../s1. The van der Waals surface area contributed by atoms with Gasteiger partial charge in [0.15, 0.2) is 34.2 Å². The van der Waals surface area contributed by atoms with Gasteiger partial charge in [0.05, 0.1) is 18.8 Å². The van der Waals surface area contributed by atoms with Crippen molar-refractivity contribution in [3.8, 4) is 0 Å². The van der Waals surface area contributed by atoms with Gasteiger partial charge in [0.2, 0.25) is 0 Å². The Morgan fingerprint density at radius 3 is 2.29 bits per heavy atom. The van der Waals surface area contributed by atoms with Crippen LogP contribution in [0.4, 0.5) is 26.1 Å². The fourth-order valence-electron chi connectivity index (χ4n) is 4.73. The average Bonchev–Trinajstić information content (AvgIpc) is 3.63. The van der Waals surface area contributed by atoms with Crippen LogP contribution in [0, 0.1) is 11.6 Å². The van der Waals surface area contributed by atoms with Gasteiger partial charge in [-0.1, -0.05) is 52.4 Å². The first-order chi connectivity index (χ1) is 20.1. The second-order valence-electron chi connectivity index (χ2n) is 10.3. The molecule has 2 saturated carbocycles. The van der Waals surface area contributed by atoms with Gasteiger partial charge in [-0.15, -0.1) is 9.24 Å². The zero-order valence-corrected chi connectivity index (χ0v) is 28.0. The molecule has 0 radical (unpaired) electrons. The van der Waals surface area contributed by atoms with Crippen molar-refractivity contribution < 1.29 is 23.4 Å². The molecule has 2 aromatic rings. The maximum atomic E-state index is 13.7. The van der Waals surface area contributed by atoms with Crippen molar-refractivity contribution in [2.24, 2.45) is 0 Å². The van der Waals surface area contributed by atoms with Crippen LogP contribution in [0.1, 0.15) is 85.6 Å². The maximum absolute atomic E-state index is 13.7. The van der Waals surface area contributed by atoms with Crippen molar-refractivity contribution in [2.75, 3.05) is 34.9 Å². The Morgan fingerprint density at radius 1 is 1.05 bits per heavy atom. The number of thioether (sulfide) groups is 1. The molecule has 5 unspecified atom stereocenters. The van der Waals surface area contributed by atoms with E-state index < -0.39 is 17.4 Å². The molecule has 238 valence electrons. The van der Waals surface area contributed by atoms with E-state index in [1.54, 1.807) is 31.7 Å². The van der Waals surface area contributed by atoms with Gasteiger partial charge in [-0.2, -0.15) is 0 Å². The SMILES string of the molecule is CC.CC.CCCSc1nc(NC2CC(OCCP)[C@@H](OC(C)(C)O)C2)c(N)c(NC2CC2c2ccc(F)c(F)c2)n1. The number of hydrogen-bond acceptors (Lipinski definition) is 9. The summed E-state index contributed by atoms with van der Waals surface area (Å²) < 4.78 is 39.0. The summed E-state index contributed by atoms with van der Waals surface area (Å²) in [5, 5.41) is 17.7. The van der Waals surface area contributed by atoms with Gasteiger partial charge in [-0.25, -0.2) is 18.7 Å². The quantitative estimate of drug-likeness (QED) is 0.0821. The first kappa shape index (κ1) is 36.4. The molecule has 0 bridgehead atoms. The molecule has 2 fully saturated rings. The number of rotatable bonds is 13. The number of ether oxygens (including phenoxy) is 2. The van der Waals surface area contributed by atoms with Crippen LogP contribution in [0.25, 0.3) is 0 Å². The molecule has 0 amide bonds. The molecule has 8 nitrogen and oxygen atoms in total. The highest BCUT2D eigenvalue weighted by atomic mass is 32.2. The fourth-order valence-corrected chi connectivity index (χ4v) is 5.56. The van der Waals surface area contributed by atoms with Gasteiger partial charge in [0.25, 0.3) is 0 Å². The highest BCUT2D eigenvalue weighted by molar-refractivity contribution is 7.99. The van der Waals surface area contributed by atoms with E-state index in [0.717, 1.165) is 36.4 Å². The minimum atomic E-state index is -1.27. The molecule has 1 aromatic heterocycles. The van der Waals surface area contributed by atoms with E-state index in [4.69, 9.17) is 20.2 Å². The van der Waals surface area contributed by atoms with Crippen molar-refractivity contribution >= 4 is 38.3 Å². The summed E-state index contributed by atoms with van der Waals surface area (Å²) in [5.74, 6) is -1.00. The van der Waals surface area contributed by atoms with Crippen molar-refractivity contribution in [2.45, 2.75) is 115 Å². The first-order valence-corrected chi connectivity index (χ1v) is 16.9. The number of aliphatic hydroxyl groups is 1. The van der Waals surface area contributed by atoms with Crippen LogP contribution in [-0.2, 0) is 9.47 Å². The minimum Gasteiger partial charge on any atom is -0.393 e. The van der Waals surface area contributed by atoms with Gasteiger partial charge >= 0.3 is 0 Å². The molecule has 5 N–H and O–H groups in total. The Labute approximate surface area is 256 Å². The molecule has 1 aromatic carbocycles. The zero-order valence-electron chi connectivity index (χ0n) is 26.0. The van der Waals surface area contributed by atoms with Crippen LogP contribution >= 0.6 is 21.0 Å². The molecule has 6 atom stereocenters. The summed E-state index contributed by atoms with van der Waals surface area (Å²) in [5.41, 5.74) is 7.68. The van der Waals surface area contributed by atoms with Crippen LogP contribution in [0.5, 0.6) is 0 Å². The highest BCUT2D eigenvalue weighted by Gasteiger charge is 2.41. The smallest absolute Gasteiger partial charge is 0.191 e. The molecular formula is C30H50F2N5O3PS. The normalized spacial score (nSPS) is 22.9. The topological polar surface area (TPSA) is 115 Å². The Bertz CT molecular complexity index is 1110. The lowest BCUT2D eigenvalue weighted by atomic mass is 10.1. The second kappa shape index (κ2) is 17.5. The fraction of sp³-hybridized carbons (Fsp3) is 0.667. The number of benzene rings is 1. The Balaban J connectivity index is 0.00000148. The van der Waals surface area contributed by atoms with E-state index >= 15 is 0 Å². The number of nitrogens with zero attached hydrogens (tertiary/aromatic N) is 2. The van der Waals surface area contributed by atoms with Gasteiger partial charge in [0, 0.05) is 23.8 Å². The molecule has 4 rings (SSSR count). The van der Waals surface area contributed by atoms with Crippen LogP contribution < -0.4 is 16.4 Å². The van der Waals surface area contributed by atoms with Crippen LogP contribution in [0.2, 0.25) is 0 Å². The first-order valence-electron chi connectivity index (χ1n) is 15.1. The van der Waals surface area contributed by atoms with E-state index in [0.29, 0.717) is 41.9 Å². The number of halogens is 2. The Kier molecular flexibility index (Phi) is 15.2. The Morgan fingerprint density at radius 2 is 1.69 bits per heavy atom. The molecule has 42 heavy (non-hydrogen) atoms. The molecule has 2 aliphatic carbocycles. The summed E-state index contributed by atoms with van der Waals surface area (Å²) in [7, 11) is 2.65. The number of hydrogen-bond donors (Lipinski definition) is 4. The predicted molar refractivity (Wildman–Crippen MR) is 173 cm³/mol. The maximum Gasteiger partial charge on any atom is 0.191 e. The highest BCUT2D eigenvalue weighted by Crippen LogP contribution is 2.44. The Hall–Kier alpha value is -1.78. The van der Waals surface area contributed by atoms with Gasteiger partial charge in [0.1, 0.15) is 5.69 Å². The predicted octanol–water partition coefficient (Wildman–Crippen LogP) is 6.81. The lowest BCUT2D eigenvalue weighted by Crippen LogP contribution is -2.36. The number of nitrogen functional groups attached to an aromatic ring is 1. The third kappa shape index (κ3) is 10.7. The van der Waals surface area contributed by atoms with Crippen molar-refractivity contribution in [1.29, 1.82) is 0 Å². The number of aromatic nitrogens is 2. The van der Waals surface area contributed by atoms with E-state index in [9.17, 15) is 13.9 Å². The monoisotopic (exact) mass is 629 g/mol. The van der Waals surface area contributed by atoms with Gasteiger partial charge < -0.3 is 30.9 Å². The van der Waals surface area contributed by atoms with Gasteiger partial charge in [-0.05, 0) is 63.4 Å². The molecule has 0 saturated heterocycles. The third-order valence-electron chi connectivity index (χ3n) is 6.52. The minimum absolute atomic E-state index is 0.00896. The number of nitrogens with two attached hydrogens (primary N) is 1. The summed E-state index contributed by atoms with van der Waals surface area (Å²) in [4.78, 5) is 9.36. The molecule has 12 heteroatoms.